The molecule has 2 fully saturated rings. The summed E-state index contributed by atoms with van der Waals surface area (Å²) in [6.45, 7) is 5.02. The number of anilines is 3. The average molecular weight is 540 g/mol. The molecule has 0 radical (unpaired) electrons. The van der Waals surface area contributed by atoms with Crippen LogP contribution >= 0.6 is 0 Å². The van der Waals surface area contributed by atoms with E-state index in [4.69, 9.17) is 4.42 Å². The van der Waals surface area contributed by atoms with Crippen molar-refractivity contribution < 1.29 is 23.1 Å². The summed E-state index contributed by atoms with van der Waals surface area (Å²) in [4.78, 5) is 16.8. The van der Waals surface area contributed by atoms with Crippen molar-refractivity contribution in [1.29, 1.82) is 0 Å². The SMILES string of the molecule is CC(C)c1c(-c2nnc(NN3CC[C@@H](O)C3)o2)cn2ncnc(Nc3cc(C(=O)NC4CC4)c(F)cc3F)c12. The van der Waals surface area contributed by atoms with Crippen molar-refractivity contribution in [2.75, 3.05) is 23.8 Å². The fourth-order valence-electron chi connectivity index (χ4n) is 4.67. The highest BCUT2D eigenvalue weighted by atomic mass is 19.1. The van der Waals surface area contributed by atoms with Gasteiger partial charge in [0.2, 0.25) is 0 Å². The number of hydrogen-bond donors (Lipinski definition) is 4. The Morgan fingerprint density at radius 2 is 2.00 bits per heavy atom. The molecule has 4 N–H and O–H groups in total. The molecule has 4 heterocycles. The molecule has 1 amide bonds. The van der Waals surface area contributed by atoms with E-state index in [0.29, 0.717) is 36.7 Å². The normalized spacial score (nSPS) is 17.7. The number of halogens is 2. The van der Waals surface area contributed by atoms with Gasteiger partial charge >= 0.3 is 6.01 Å². The van der Waals surface area contributed by atoms with Gasteiger partial charge in [-0.3, -0.25) is 10.2 Å². The topological polar surface area (TPSA) is 146 Å². The van der Waals surface area contributed by atoms with Crippen LogP contribution in [0.15, 0.2) is 29.1 Å². The molecule has 6 rings (SSSR count). The number of carbonyl (C=O) groups excluding carboxylic acids is 1. The molecule has 3 aromatic heterocycles. The fraction of sp³-hybridized carbons (Fsp3) is 0.400. The number of fused-ring (bicyclic) bond motifs is 1. The van der Waals surface area contributed by atoms with Crippen LogP contribution in [0, 0.1) is 11.6 Å². The third-order valence-corrected chi connectivity index (χ3v) is 6.73. The van der Waals surface area contributed by atoms with Gasteiger partial charge in [0.25, 0.3) is 11.8 Å². The Balaban J connectivity index is 1.35. The molecule has 39 heavy (non-hydrogen) atoms. The standard InChI is InChI=1S/C25H27F2N9O3/c1-12(2)20-16(24-32-33-25(39-24)34-35-6-5-14(37)9-35)10-36-21(20)22(28-11-29-36)31-19-7-15(17(26)8-18(19)27)23(38)30-13-3-4-13/h7-8,10-14,37H,3-6,9H2,1-2H3,(H,30,38)(H,33,34)(H,28,29,31)/t14-/m1/s1. The number of rotatable bonds is 8. The summed E-state index contributed by atoms with van der Waals surface area (Å²) >= 11 is 0. The van der Waals surface area contributed by atoms with Crippen LogP contribution in [0.2, 0.25) is 0 Å². The Morgan fingerprint density at radius 1 is 1.18 bits per heavy atom. The zero-order valence-corrected chi connectivity index (χ0v) is 21.3. The molecule has 2 aliphatic rings. The number of hydrogen-bond acceptors (Lipinski definition) is 10. The molecule has 0 unspecified atom stereocenters. The summed E-state index contributed by atoms with van der Waals surface area (Å²) in [5.41, 5.74) is 4.56. The highest BCUT2D eigenvalue weighted by Gasteiger charge is 2.28. The minimum atomic E-state index is -0.943. The number of aliphatic hydroxyl groups excluding tert-OH is 1. The van der Waals surface area contributed by atoms with Gasteiger partial charge in [0, 0.05) is 31.4 Å². The Morgan fingerprint density at radius 3 is 2.72 bits per heavy atom. The van der Waals surface area contributed by atoms with E-state index < -0.39 is 23.6 Å². The maximum Gasteiger partial charge on any atom is 0.330 e. The Hall–Kier alpha value is -4.17. The lowest BCUT2D eigenvalue weighted by molar-refractivity contribution is 0.0947. The number of benzene rings is 1. The summed E-state index contributed by atoms with van der Waals surface area (Å²) in [6, 6.07) is 2.03. The molecule has 1 saturated heterocycles. The van der Waals surface area contributed by atoms with Gasteiger partial charge in [0.05, 0.1) is 22.9 Å². The van der Waals surface area contributed by atoms with E-state index >= 15 is 0 Å². The lowest BCUT2D eigenvalue weighted by Crippen LogP contribution is -2.28. The van der Waals surface area contributed by atoms with Gasteiger partial charge in [-0.25, -0.2) is 23.3 Å². The van der Waals surface area contributed by atoms with Crippen LogP contribution < -0.4 is 16.1 Å². The second kappa shape index (κ2) is 9.85. The number of nitrogens with one attached hydrogen (secondary N) is 3. The highest BCUT2D eigenvalue weighted by molar-refractivity contribution is 5.96. The predicted octanol–water partition coefficient (Wildman–Crippen LogP) is 3.21. The zero-order valence-electron chi connectivity index (χ0n) is 21.3. The number of carbonyl (C=O) groups is 1. The van der Waals surface area contributed by atoms with Crippen molar-refractivity contribution in [3.63, 3.8) is 0 Å². The van der Waals surface area contributed by atoms with Crippen LogP contribution in [0.4, 0.5) is 26.3 Å². The van der Waals surface area contributed by atoms with Crippen LogP contribution in [0.3, 0.4) is 0 Å². The van der Waals surface area contributed by atoms with E-state index in [-0.39, 0.29) is 40.9 Å². The quantitative estimate of drug-likeness (QED) is 0.263. The molecule has 1 atom stereocenters. The second-order valence-electron chi connectivity index (χ2n) is 10.1. The van der Waals surface area contributed by atoms with Gasteiger partial charge in [-0.15, -0.1) is 5.10 Å². The first-order valence-electron chi connectivity index (χ1n) is 12.7. The van der Waals surface area contributed by atoms with Gasteiger partial charge in [-0.1, -0.05) is 18.9 Å². The van der Waals surface area contributed by atoms with Gasteiger partial charge < -0.3 is 20.2 Å². The molecule has 1 saturated carbocycles. The number of amides is 1. The lowest BCUT2D eigenvalue weighted by Gasteiger charge is -2.14. The first-order valence-corrected chi connectivity index (χ1v) is 12.7. The number of hydrazine groups is 1. The average Bonchev–Trinajstić information content (AvgIpc) is 3.25. The summed E-state index contributed by atoms with van der Waals surface area (Å²) in [7, 11) is 0. The van der Waals surface area contributed by atoms with E-state index in [1.807, 2.05) is 13.8 Å². The maximum atomic E-state index is 14.8. The molecule has 1 aliphatic heterocycles. The van der Waals surface area contributed by atoms with E-state index in [1.165, 1.54) is 6.33 Å². The maximum absolute atomic E-state index is 14.8. The predicted molar refractivity (Wildman–Crippen MR) is 136 cm³/mol. The smallest absolute Gasteiger partial charge is 0.330 e. The third-order valence-electron chi connectivity index (χ3n) is 6.73. The number of aliphatic hydroxyl groups is 1. The second-order valence-corrected chi connectivity index (χ2v) is 10.1. The molecule has 12 nitrogen and oxygen atoms in total. The largest absolute Gasteiger partial charge is 0.402 e. The van der Waals surface area contributed by atoms with E-state index in [9.17, 15) is 18.7 Å². The fourth-order valence-corrected chi connectivity index (χ4v) is 4.67. The first kappa shape index (κ1) is 25.1. The Kier molecular flexibility index (Phi) is 6.35. The molecule has 204 valence electrons. The van der Waals surface area contributed by atoms with Crippen LogP contribution in [0.25, 0.3) is 17.0 Å². The van der Waals surface area contributed by atoms with Crippen LogP contribution in [0.5, 0.6) is 0 Å². The molecular weight excluding hydrogens is 512 g/mol. The summed E-state index contributed by atoms with van der Waals surface area (Å²) in [5.74, 6) is -1.98. The van der Waals surface area contributed by atoms with Gasteiger partial charge in [-0.2, -0.15) is 5.10 Å². The monoisotopic (exact) mass is 539 g/mol. The van der Waals surface area contributed by atoms with E-state index in [2.05, 4.69) is 36.3 Å². The van der Waals surface area contributed by atoms with E-state index in [1.54, 1.807) is 15.7 Å². The number of nitrogens with zero attached hydrogens (tertiary/aromatic N) is 6. The Bertz CT molecular complexity index is 1550. The minimum Gasteiger partial charge on any atom is -0.402 e. The van der Waals surface area contributed by atoms with Crippen molar-refractivity contribution in [3.8, 4) is 11.5 Å². The molecule has 0 spiro atoms. The van der Waals surface area contributed by atoms with Crippen molar-refractivity contribution >= 4 is 28.9 Å². The lowest BCUT2D eigenvalue weighted by atomic mass is 10.00. The molecule has 14 heteroatoms. The summed E-state index contributed by atoms with van der Waals surface area (Å²) in [6.07, 6.45) is 4.92. The highest BCUT2D eigenvalue weighted by Crippen LogP contribution is 2.37. The van der Waals surface area contributed by atoms with E-state index in [0.717, 1.165) is 24.5 Å². The van der Waals surface area contributed by atoms with Crippen molar-refractivity contribution in [2.24, 2.45) is 0 Å². The molecule has 0 bridgehead atoms. The molecular formula is C25H27F2N9O3. The van der Waals surface area contributed by atoms with Gasteiger partial charge in [-0.05, 0) is 36.8 Å². The van der Waals surface area contributed by atoms with Gasteiger partial charge in [0.15, 0.2) is 5.82 Å². The minimum absolute atomic E-state index is 0.0231. The van der Waals surface area contributed by atoms with Crippen LogP contribution in [0.1, 0.15) is 54.9 Å². The Labute approximate surface area is 221 Å². The van der Waals surface area contributed by atoms with Crippen LogP contribution in [-0.4, -0.2) is 66.1 Å². The zero-order chi connectivity index (χ0) is 27.3. The third kappa shape index (κ3) is 5.00. The van der Waals surface area contributed by atoms with Crippen molar-refractivity contribution in [3.05, 3.63) is 47.4 Å². The molecule has 1 aliphatic carbocycles. The molecule has 4 aromatic rings. The number of aromatic nitrogens is 5. The first-order chi connectivity index (χ1) is 18.8. The van der Waals surface area contributed by atoms with Crippen molar-refractivity contribution in [1.82, 2.24) is 35.1 Å². The van der Waals surface area contributed by atoms with Crippen LogP contribution in [-0.2, 0) is 0 Å². The number of β-amino-alcohol motifs (C(OH)–C–C–N with tert-alkyl or cyclic N) is 1. The van der Waals surface area contributed by atoms with Crippen molar-refractivity contribution in [2.45, 2.75) is 51.2 Å². The summed E-state index contributed by atoms with van der Waals surface area (Å²) < 4.78 is 36.7. The summed E-state index contributed by atoms with van der Waals surface area (Å²) in [5, 5.41) is 29.8. The molecule has 1 aromatic carbocycles. The van der Waals surface area contributed by atoms with Gasteiger partial charge in [0.1, 0.15) is 23.5 Å².